The van der Waals surface area contributed by atoms with Gasteiger partial charge in [-0.25, -0.2) is 4.79 Å². The molecule has 1 amide bonds. The predicted molar refractivity (Wildman–Crippen MR) is 116 cm³/mol. The minimum atomic E-state index is -0.874. The minimum Gasteiger partial charge on any atom is -0.480 e. The summed E-state index contributed by atoms with van der Waals surface area (Å²) in [5.74, 6) is -0.172. The quantitative estimate of drug-likeness (QED) is 0.497. The molecule has 0 saturated heterocycles. The highest BCUT2D eigenvalue weighted by Gasteiger charge is 2.31. The highest BCUT2D eigenvalue weighted by atomic mass is 35.5. The van der Waals surface area contributed by atoms with Gasteiger partial charge in [0.15, 0.2) is 0 Å². The number of benzene rings is 1. The van der Waals surface area contributed by atoms with Gasteiger partial charge in [-0.1, -0.05) is 55.8 Å². The van der Waals surface area contributed by atoms with E-state index in [2.05, 4.69) is 4.72 Å². The van der Waals surface area contributed by atoms with Gasteiger partial charge in [-0.3, -0.25) is 9.52 Å². The van der Waals surface area contributed by atoms with E-state index in [1.54, 1.807) is 0 Å². The van der Waals surface area contributed by atoms with Crippen LogP contribution in [-0.2, 0) is 16.0 Å². The molecule has 2 fully saturated rings. The van der Waals surface area contributed by atoms with Gasteiger partial charge in [-0.2, -0.15) is 0 Å². The molecule has 3 rings (SSSR count). The summed E-state index contributed by atoms with van der Waals surface area (Å²) in [6.07, 6.45) is 9.38. The maximum absolute atomic E-state index is 12.3. The van der Waals surface area contributed by atoms with E-state index in [9.17, 15) is 14.7 Å². The van der Waals surface area contributed by atoms with E-state index in [1.165, 1.54) is 19.3 Å². The third-order valence-corrected chi connectivity index (χ3v) is 7.26. The van der Waals surface area contributed by atoms with Crippen LogP contribution in [0, 0.1) is 11.8 Å². The van der Waals surface area contributed by atoms with Crippen LogP contribution >= 0.6 is 23.5 Å². The third-order valence-electron chi connectivity index (χ3n) is 6.07. The summed E-state index contributed by atoms with van der Waals surface area (Å²) < 4.78 is 8.28. The molecule has 0 aliphatic heterocycles. The first-order valence-electron chi connectivity index (χ1n) is 10.6. The lowest BCUT2D eigenvalue weighted by atomic mass is 9.86. The van der Waals surface area contributed by atoms with Gasteiger partial charge in [0.25, 0.3) is 0 Å². The number of hydrogen-bond donors (Lipinski definition) is 2. The molecule has 29 heavy (non-hydrogen) atoms. The van der Waals surface area contributed by atoms with E-state index < -0.39 is 17.3 Å². The summed E-state index contributed by atoms with van der Waals surface area (Å²) in [6, 6.07) is 7.78. The van der Waals surface area contributed by atoms with E-state index in [0.29, 0.717) is 17.4 Å². The van der Waals surface area contributed by atoms with Crippen molar-refractivity contribution in [3.63, 3.8) is 0 Å². The van der Waals surface area contributed by atoms with Gasteiger partial charge in [0.2, 0.25) is 0 Å². The van der Waals surface area contributed by atoms with Crippen LogP contribution in [0.2, 0.25) is 5.02 Å². The van der Waals surface area contributed by atoms with Crippen molar-refractivity contribution in [2.45, 2.75) is 75.6 Å². The highest BCUT2D eigenvalue weighted by Crippen LogP contribution is 2.33. The average molecular weight is 440 g/mol. The van der Waals surface area contributed by atoms with Crippen LogP contribution in [0.5, 0.6) is 0 Å². The molecule has 0 spiro atoms. The highest BCUT2D eigenvalue weighted by molar-refractivity contribution is 7.99. The number of hydrogen-bond acceptors (Lipinski definition) is 4. The van der Waals surface area contributed by atoms with E-state index in [4.69, 9.17) is 16.3 Å². The van der Waals surface area contributed by atoms with Crippen molar-refractivity contribution in [1.82, 2.24) is 4.72 Å². The van der Waals surface area contributed by atoms with Gasteiger partial charge < -0.3 is 9.84 Å². The Hall–Kier alpha value is -1.40. The lowest BCUT2D eigenvalue weighted by Gasteiger charge is -2.24. The van der Waals surface area contributed by atoms with Crippen molar-refractivity contribution in [2.24, 2.45) is 11.8 Å². The van der Waals surface area contributed by atoms with Crippen LogP contribution in [0.4, 0.5) is 4.79 Å². The summed E-state index contributed by atoms with van der Waals surface area (Å²) in [5.41, 5.74) is 1.14. The monoisotopic (exact) mass is 439 g/mol. The number of amides is 1. The molecule has 2 N–H and O–H groups in total. The van der Waals surface area contributed by atoms with Crippen LogP contribution in [0.25, 0.3) is 0 Å². The molecule has 0 bridgehead atoms. The van der Waals surface area contributed by atoms with Crippen molar-refractivity contribution in [3.8, 4) is 0 Å². The number of carbonyl (C=O) groups excluding carboxylic acids is 1. The lowest BCUT2D eigenvalue weighted by Crippen LogP contribution is -2.31. The van der Waals surface area contributed by atoms with Crippen LogP contribution in [0.1, 0.15) is 63.4 Å². The SMILES string of the molecule is O=C(NS[C@@H](CC1CCCCC1)C(=O)O)OC1CCCC1Cc1cccc(Cl)c1. The van der Waals surface area contributed by atoms with Crippen molar-refractivity contribution in [2.75, 3.05) is 0 Å². The Morgan fingerprint density at radius 3 is 2.69 bits per heavy atom. The second-order valence-electron chi connectivity index (χ2n) is 8.26. The van der Waals surface area contributed by atoms with Gasteiger partial charge in [-0.05, 0) is 67.7 Å². The molecule has 5 nitrogen and oxygen atoms in total. The molecule has 160 valence electrons. The zero-order valence-corrected chi connectivity index (χ0v) is 18.2. The standard InChI is InChI=1S/C22H30ClNO4S/c23-18-10-4-8-16(13-18)12-17-9-5-11-19(17)28-22(27)24-29-20(21(25)26)14-15-6-2-1-3-7-15/h4,8,10,13,15,17,19-20H,1-3,5-7,9,11-12,14H2,(H,24,27)(H,25,26)/t17?,19?,20-/m0/s1. The summed E-state index contributed by atoms with van der Waals surface area (Å²) in [7, 11) is 0. The summed E-state index contributed by atoms with van der Waals surface area (Å²) >= 11 is 7.05. The smallest absolute Gasteiger partial charge is 0.417 e. The fourth-order valence-corrected chi connectivity index (χ4v) is 5.53. The van der Waals surface area contributed by atoms with E-state index in [1.807, 2.05) is 24.3 Å². The van der Waals surface area contributed by atoms with Gasteiger partial charge in [0.1, 0.15) is 11.4 Å². The molecule has 2 aliphatic carbocycles. The van der Waals surface area contributed by atoms with E-state index in [-0.39, 0.29) is 12.0 Å². The normalized spacial score (nSPS) is 23.5. The van der Waals surface area contributed by atoms with Gasteiger partial charge >= 0.3 is 12.1 Å². The average Bonchev–Trinajstić information content (AvgIpc) is 3.12. The molecular formula is C22H30ClNO4S. The maximum Gasteiger partial charge on any atom is 0.417 e. The van der Waals surface area contributed by atoms with Gasteiger partial charge in [-0.15, -0.1) is 0 Å². The van der Waals surface area contributed by atoms with Crippen LogP contribution in [0.3, 0.4) is 0 Å². The van der Waals surface area contributed by atoms with Crippen molar-refractivity contribution in [1.29, 1.82) is 0 Å². The number of halogens is 1. The molecule has 7 heteroatoms. The first-order chi connectivity index (χ1) is 14.0. The molecule has 2 aliphatic rings. The van der Waals surface area contributed by atoms with Crippen LogP contribution < -0.4 is 4.72 Å². The number of aliphatic carboxylic acids is 1. The Morgan fingerprint density at radius 1 is 1.17 bits per heavy atom. The fourth-order valence-electron chi connectivity index (χ4n) is 4.56. The molecule has 2 unspecified atom stereocenters. The Bertz CT molecular complexity index is 695. The van der Waals surface area contributed by atoms with Crippen molar-refractivity contribution in [3.05, 3.63) is 34.9 Å². The van der Waals surface area contributed by atoms with E-state index >= 15 is 0 Å². The molecule has 2 saturated carbocycles. The number of ether oxygens (including phenoxy) is 1. The van der Waals surface area contributed by atoms with Crippen LogP contribution in [-0.4, -0.2) is 28.5 Å². The van der Waals surface area contributed by atoms with E-state index in [0.717, 1.165) is 56.0 Å². The largest absolute Gasteiger partial charge is 0.480 e. The zero-order valence-electron chi connectivity index (χ0n) is 16.6. The van der Waals surface area contributed by atoms with Crippen molar-refractivity contribution < 1.29 is 19.4 Å². The number of rotatable bonds is 8. The number of carboxylic acids is 1. The third kappa shape index (κ3) is 7.10. The molecular weight excluding hydrogens is 410 g/mol. The summed E-state index contributed by atoms with van der Waals surface area (Å²) in [6.45, 7) is 0. The topological polar surface area (TPSA) is 75.6 Å². The molecule has 3 atom stereocenters. The fraction of sp³-hybridized carbons (Fsp3) is 0.636. The second-order valence-corrected chi connectivity index (χ2v) is 9.70. The van der Waals surface area contributed by atoms with Gasteiger partial charge in [0.05, 0.1) is 0 Å². The molecule has 0 heterocycles. The Labute approximate surface area is 182 Å². The Balaban J connectivity index is 1.46. The van der Waals surface area contributed by atoms with Gasteiger partial charge in [0, 0.05) is 10.9 Å². The molecule has 0 radical (unpaired) electrons. The molecule has 1 aromatic carbocycles. The lowest BCUT2D eigenvalue weighted by molar-refractivity contribution is -0.136. The summed E-state index contributed by atoms with van der Waals surface area (Å²) in [4.78, 5) is 23.9. The first kappa shape index (κ1) is 22.3. The summed E-state index contributed by atoms with van der Waals surface area (Å²) in [5, 5.41) is 9.59. The minimum absolute atomic E-state index is 0.142. The second kappa shape index (κ2) is 11.1. The van der Waals surface area contributed by atoms with Crippen LogP contribution in [0.15, 0.2) is 24.3 Å². The number of carbonyl (C=O) groups is 2. The molecule has 0 aromatic heterocycles. The number of carboxylic acid groups (broad SMARTS) is 1. The predicted octanol–water partition coefficient (Wildman–Crippen LogP) is 5.85. The Morgan fingerprint density at radius 2 is 1.97 bits per heavy atom. The molecule has 1 aromatic rings. The number of nitrogens with one attached hydrogen (secondary N) is 1. The first-order valence-corrected chi connectivity index (χ1v) is 11.9. The van der Waals surface area contributed by atoms with Crippen molar-refractivity contribution >= 4 is 35.6 Å². The maximum atomic E-state index is 12.3. The zero-order chi connectivity index (χ0) is 20.6. The Kier molecular flexibility index (Phi) is 8.54.